The van der Waals surface area contributed by atoms with E-state index in [4.69, 9.17) is 19.6 Å². The van der Waals surface area contributed by atoms with Crippen molar-refractivity contribution in [1.82, 2.24) is 14.9 Å². The Morgan fingerprint density at radius 3 is 2.71 bits per heavy atom. The molecule has 1 aromatic carbocycles. The van der Waals surface area contributed by atoms with E-state index in [1.807, 2.05) is 18.2 Å². The normalized spacial score (nSPS) is 20.2. The van der Waals surface area contributed by atoms with Crippen LogP contribution in [0.5, 0.6) is 11.8 Å². The SMILES string of the molecule is Oc1ccc2c(c1)CCC/C2=N\Nc1cc(N2CCCCC2)nc(OCCN2CCOCC2)n1. The molecule has 0 radical (unpaired) electrons. The van der Waals surface area contributed by atoms with Crippen molar-refractivity contribution in [3.05, 3.63) is 35.4 Å². The maximum Gasteiger partial charge on any atom is 0.320 e. The molecule has 1 aliphatic carbocycles. The maximum absolute atomic E-state index is 9.82. The number of aromatic hydroxyl groups is 1. The van der Waals surface area contributed by atoms with Gasteiger partial charge >= 0.3 is 6.01 Å². The first-order valence-electron chi connectivity index (χ1n) is 12.5. The highest BCUT2D eigenvalue weighted by Gasteiger charge is 2.18. The van der Waals surface area contributed by atoms with E-state index in [-0.39, 0.29) is 0 Å². The number of hydrogen-bond acceptors (Lipinski definition) is 9. The highest BCUT2D eigenvalue weighted by atomic mass is 16.5. The number of aryl methyl sites for hydroxylation is 1. The number of anilines is 2. The second-order valence-corrected chi connectivity index (χ2v) is 9.11. The van der Waals surface area contributed by atoms with Crippen molar-refractivity contribution in [3.8, 4) is 11.8 Å². The summed E-state index contributed by atoms with van der Waals surface area (Å²) in [6, 6.07) is 7.85. The summed E-state index contributed by atoms with van der Waals surface area (Å²) in [6.07, 6.45) is 6.46. The molecular formula is C25H34N6O3. The van der Waals surface area contributed by atoms with Crippen molar-refractivity contribution < 1.29 is 14.6 Å². The summed E-state index contributed by atoms with van der Waals surface area (Å²) in [7, 11) is 0. The summed E-state index contributed by atoms with van der Waals surface area (Å²) < 4.78 is 11.4. The number of phenols is 1. The number of benzene rings is 1. The summed E-state index contributed by atoms with van der Waals surface area (Å²) in [4.78, 5) is 14.0. The maximum atomic E-state index is 9.82. The van der Waals surface area contributed by atoms with Gasteiger partial charge in [0.2, 0.25) is 0 Å². The number of rotatable bonds is 7. The van der Waals surface area contributed by atoms with E-state index in [1.165, 1.54) is 19.3 Å². The first-order valence-corrected chi connectivity index (χ1v) is 12.5. The van der Waals surface area contributed by atoms with Crippen LogP contribution in [0, 0.1) is 0 Å². The zero-order valence-electron chi connectivity index (χ0n) is 19.7. The zero-order valence-corrected chi connectivity index (χ0v) is 19.7. The lowest BCUT2D eigenvalue weighted by Crippen LogP contribution is -2.38. The van der Waals surface area contributed by atoms with Gasteiger partial charge in [0.1, 0.15) is 18.2 Å². The topological polar surface area (TPSA) is 95.3 Å². The third kappa shape index (κ3) is 5.77. The van der Waals surface area contributed by atoms with E-state index in [1.54, 1.807) is 6.07 Å². The molecule has 5 rings (SSSR count). The lowest BCUT2D eigenvalue weighted by Gasteiger charge is -2.28. The van der Waals surface area contributed by atoms with Gasteiger partial charge in [-0.2, -0.15) is 15.1 Å². The monoisotopic (exact) mass is 466 g/mol. The van der Waals surface area contributed by atoms with Crippen LogP contribution in [0.4, 0.5) is 11.6 Å². The van der Waals surface area contributed by atoms with E-state index in [9.17, 15) is 5.11 Å². The average molecular weight is 467 g/mol. The van der Waals surface area contributed by atoms with Crippen molar-refractivity contribution in [2.45, 2.75) is 38.5 Å². The van der Waals surface area contributed by atoms with Gasteiger partial charge in [0.05, 0.1) is 18.9 Å². The van der Waals surface area contributed by atoms with Crippen molar-refractivity contribution in [2.24, 2.45) is 5.10 Å². The molecule has 2 aromatic rings. The second-order valence-electron chi connectivity index (χ2n) is 9.11. The number of nitrogens with zero attached hydrogens (tertiary/aromatic N) is 5. The molecule has 9 heteroatoms. The summed E-state index contributed by atoms with van der Waals surface area (Å²) in [5, 5.41) is 14.5. The van der Waals surface area contributed by atoms with E-state index in [2.05, 4.69) is 20.2 Å². The number of ether oxygens (including phenoxy) is 2. The average Bonchev–Trinajstić information content (AvgIpc) is 2.88. The molecule has 2 aliphatic heterocycles. The largest absolute Gasteiger partial charge is 0.508 e. The predicted molar refractivity (Wildman–Crippen MR) is 132 cm³/mol. The van der Waals surface area contributed by atoms with Crippen molar-refractivity contribution in [1.29, 1.82) is 0 Å². The lowest BCUT2D eigenvalue weighted by atomic mass is 9.90. The Kier molecular flexibility index (Phi) is 7.40. The minimum Gasteiger partial charge on any atom is -0.508 e. The Morgan fingerprint density at radius 1 is 1.00 bits per heavy atom. The fourth-order valence-electron chi connectivity index (χ4n) is 4.80. The molecule has 34 heavy (non-hydrogen) atoms. The molecule has 2 fully saturated rings. The second kappa shape index (κ2) is 11.0. The Hall–Kier alpha value is -2.91. The van der Waals surface area contributed by atoms with E-state index in [0.29, 0.717) is 24.2 Å². The van der Waals surface area contributed by atoms with Crippen LogP contribution in [0.25, 0.3) is 0 Å². The van der Waals surface area contributed by atoms with Crippen LogP contribution >= 0.6 is 0 Å². The molecule has 3 heterocycles. The minimum absolute atomic E-state index is 0.300. The Balaban J connectivity index is 1.32. The van der Waals surface area contributed by atoms with Gasteiger partial charge in [0, 0.05) is 44.4 Å². The molecule has 0 unspecified atom stereocenters. The van der Waals surface area contributed by atoms with Crippen LogP contribution in [0.1, 0.15) is 43.2 Å². The molecule has 0 spiro atoms. The van der Waals surface area contributed by atoms with Gasteiger partial charge in [-0.25, -0.2) is 0 Å². The van der Waals surface area contributed by atoms with E-state index < -0.39 is 0 Å². The highest BCUT2D eigenvalue weighted by Crippen LogP contribution is 2.26. The molecule has 9 nitrogen and oxygen atoms in total. The van der Waals surface area contributed by atoms with Crippen LogP contribution < -0.4 is 15.1 Å². The van der Waals surface area contributed by atoms with Crippen LogP contribution in [-0.4, -0.2) is 78.2 Å². The third-order valence-corrected chi connectivity index (χ3v) is 6.68. The zero-order chi connectivity index (χ0) is 23.2. The molecule has 2 N–H and O–H groups in total. The minimum atomic E-state index is 0.300. The summed E-state index contributed by atoms with van der Waals surface area (Å²) in [6.45, 7) is 6.77. The number of morpholine rings is 1. The standard InChI is InChI=1S/C25H34N6O3/c32-20-7-8-21-19(17-20)5-4-6-22(21)28-29-23-18-24(31-9-2-1-3-10-31)27-25(26-23)34-16-13-30-11-14-33-15-12-30/h7-8,17-18,32H,1-6,9-16H2,(H,26,27,29)/b28-22+. The predicted octanol–water partition coefficient (Wildman–Crippen LogP) is 3.04. The molecule has 182 valence electrons. The highest BCUT2D eigenvalue weighted by molar-refractivity contribution is 6.03. The number of hydrogen-bond donors (Lipinski definition) is 2. The van der Waals surface area contributed by atoms with Gasteiger partial charge in [-0.1, -0.05) is 0 Å². The van der Waals surface area contributed by atoms with Gasteiger partial charge < -0.3 is 19.5 Å². The van der Waals surface area contributed by atoms with Crippen LogP contribution in [0.15, 0.2) is 29.4 Å². The molecule has 0 atom stereocenters. The smallest absolute Gasteiger partial charge is 0.320 e. The van der Waals surface area contributed by atoms with Gasteiger partial charge in [-0.05, 0) is 62.3 Å². The van der Waals surface area contributed by atoms with E-state index in [0.717, 1.165) is 87.9 Å². The number of hydrazone groups is 1. The molecule has 3 aliphatic rings. The summed E-state index contributed by atoms with van der Waals surface area (Å²) >= 11 is 0. The molecule has 1 aromatic heterocycles. The number of piperidine rings is 1. The quantitative estimate of drug-likeness (QED) is 0.602. The lowest BCUT2D eigenvalue weighted by molar-refractivity contribution is 0.0317. The van der Waals surface area contributed by atoms with Crippen molar-refractivity contribution >= 4 is 17.3 Å². The Bertz CT molecular complexity index is 1000. The fraction of sp³-hybridized carbons (Fsp3) is 0.560. The molecule has 0 amide bonds. The number of phenolic OH excluding ortho intramolecular Hbond substituents is 1. The molecule has 0 bridgehead atoms. The number of aromatic nitrogens is 2. The van der Waals surface area contributed by atoms with Gasteiger partial charge in [0.25, 0.3) is 0 Å². The van der Waals surface area contributed by atoms with E-state index >= 15 is 0 Å². The first kappa shape index (κ1) is 22.9. The first-order chi connectivity index (χ1) is 16.7. The summed E-state index contributed by atoms with van der Waals surface area (Å²) in [5.74, 6) is 1.82. The van der Waals surface area contributed by atoms with Crippen LogP contribution in [0.2, 0.25) is 0 Å². The van der Waals surface area contributed by atoms with Gasteiger partial charge in [-0.3, -0.25) is 10.3 Å². The van der Waals surface area contributed by atoms with Crippen molar-refractivity contribution in [3.63, 3.8) is 0 Å². The van der Waals surface area contributed by atoms with Crippen molar-refractivity contribution in [2.75, 3.05) is 62.9 Å². The Labute approximate surface area is 200 Å². The number of fused-ring (bicyclic) bond motifs is 1. The summed E-state index contributed by atoms with van der Waals surface area (Å²) in [5.41, 5.74) is 6.37. The van der Waals surface area contributed by atoms with Crippen LogP contribution in [-0.2, 0) is 11.2 Å². The number of nitrogens with one attached hydrogen (secondary N) is 1. The molecule has 0 saturated carbocycles. The molecular weight excluding hydrogens is 432 g/mol. The molecule has 2 saturated heterocycles. The fourth-order valence-corrected chi connectivity index (χ4v) is 4.80. The third-order valence-electron chi connectivity index (χ3n) is 6.68. The Morgan fingerprint density at radius 2 is 1.85 bits per heavy atom. The van der Waals surface area contributed by atoms with Gasteiger partial charge in [0.15, 0.2) is 5.82 Å². The van der Waals surface area contributed by atoms with Crippen LogP contribution in [0.3, 0.4) is 0 Å². The van der Waals surface area contributed by atoms with Gasteiger partial charge in [-0.15, -0.1) is 0 Å².